The molecule has 17 heavy (non-hydrogen) atoms. The Morgan fingerprint density at radius 3 is 2.41 bits per heavy atom. The molecule has 0 radical (unpaired) electrons. The highest BCUT2D eigenvalue weighted by molar-refractivity contribution is 5.47. The van der Waals surface area contributed by atoms with Crippen molar-refractivity contribution in [3.05, 3.63) is 23.8 Å². The molecule has 0 saturated carbocycles. The fourth-order valence-corrected chi connectivity index (χ4v) is 2.28. The van der Waals surface area contributed by atoms with Crippen LogP contribution in [0.5, 0.6) is 11.5 Å². The second-order valence-corrected chi connectivity index (χ2v) is 4.15. The lowest BCUT2D eigenvalue weighted by molar-refractivity contribution is 0.0885. The van der Waals surface area contributed by atoms with Crippen molar-refractivity contribution in [1.82, 2.24) is 0 Å². The van der Waals surface area contributed by atoms with Crippen molar-refractivity contribution in [3.8, 4) is 11.5 Å². The zero-order valence-electron chi connectivity index (χ0n) is 10.3. The van der Waals surface area contributed by atoms with E-state index in [2.05, 4.69) is 0 Å². The molecule has 0 spiro atoms. The third kappa shape index (κ3) is 2.37. The number of ether oxygens (including phenoxy) is 3. The second kappa shape index (κ2) is 5.38. The molecule has 1 fully saturated rings. The highest BCUT2D eigenvalue weighted by Crippen LogP contribution is 2.37. The molecule has 1 heterocycles. The largest absolute Gasteiger partial charge is 0.496 e. The summed E-state index contributed by atoms with van der Waals surface area (Å²) in [5.74, 6) is 1.51. The van der Waals surface area contributed by atoms with E-state index in [0.717, 1.165) is 36.5 Å². The smallest absolute Gasteiger partial charge is 0.127 e. The van der Waals surface area contributed by atoms with Gasteiger partial charge in [-0.25, -0.2) is 0 Å². The quantitative estimate of drug-likeness (QED) is 0.868. The van der Waals surface area contributed by atoms with Crippen LogP contribution in [0.2, 0.25) is 0 Å². The highest BCUT2D eigenvalue weighted by atomic mass is 16.5. The van der Waals surface area contributed by atoms with Gasteiger partial charge in [-0.05, 0) is 25.0 Å². The van der Waals surface area contributed by atoms with Crippen LogP contribution >= 0.6 is 0 Å². The van der Waals surface area contributed by atoms with E-state index in [0.29, 0.717) is 0 Å². The summed E-state index contributed by atoms with van der Waals surface area (Å²) >= 11 is 0. The van der Waals surface area contributed by atoms with Crippen molar-refractivity contribution in [3.63, 3.8) is 0 Å². The van der Waals surface area contributed by atoms with Gasteiger partial charge in [-0.1, -0.05) is 6.07 Å². The van der Waals surface area contributed by atoms with Gasteiger partial charge in [0.1, 0.15) is 11.5 Å². The Bertz CT molecular complexity index is 353. The summed E-state index contributed by atoms with van der Waals surface area (Å²) in [7, 11) is 3.28. The summed E-state index contributed by atoms with van der Waals surface area (Å²) in [6.07, 6.45) is 2.11. The Balaban J connectivity index is 2.33. The maximum absolute atomic E-state index is 6.27. The molecular formula is C13H19NO3. The summed E-state index contributed by atoms with van der Waals surface area (Å²) in [4.78, 5) is 0. The van der Waals surface area contributed by atoms with Crippen LogP contribution in [0.25, 0.3) is 0 Å². The van der Waals surface area contributed by atoms with Gasteiger partial charge in [-0.2, -0.15) is 0 Å². The molecule has 0 bridgehead atoms. The standard InChI is InChI=1S/C13H19NO3/c1-15-9-5-3-6-10(16-2)12(9)13(14)11-7-4-8-17-11/h3,5-6,11,13H,4,7-8,14H2,1-2H3. The zero-order chi connectivity index (χ0) is 12.3. The van der Waals surface area contributed by atoms with Gasteiger partial charge in [-0.15, -0.1) is 0 Å². The van der Waals surface area contributed by atoms with Gasteiger partial charge in [0.05, 0.1) is 31.9 Å². The predicted octanol–water partition coefficient (Wildman–Crippen LogP) is 1.88. The van der Waals surface area contributed by atoms with Gasteiger partial charge in [0, 0.05) is 6.61 Å². The summed E-state index contributed by atoms with van der Waals surface area (Å²) < 4.78 is 16.3. The van der Waals surface area contributed by atoms with E-state index in [-0.39, 0.29) is 12.1 Å². The minimum absolute atomic E-state index is 0.0557. The number of nitrogens with two attached hydrogens (primary N) is 1. The number of hydrogen-bond acceptors (Lipinski definition) is 4. The first-order chi connectivity index (χ1) is 8.27. The van der Waals surface area contributed by atoms with Crippen molar-refractivity contribution >= 4 is 0 Å². The summed E-state index contributed by atoms with van der Waals surface area (Å²) in [5.41, 5.74) is 7.16. The lowest BCUT2D eigenvalue weighted by Gasteiger charge is -2.23. The molecule has 2 unspecified atom stereocenters. The van der Waals surface area contributed by atoms with Gasteiger partial charge in [0.2, 0.25) is 0 Å². The van der Waals surface area contributed by atoms with Gasteiger partial charge >= 0.3 is 0 Å². The minimum Gasteiger partial charge on any atom is -0.496 e. The molecule has 0 aromatic heterocycles. The van der Waals surface area contributed by atoms with Crippen molar-refractivity contribution < 1.29 is 14.2 Å². The molecule has 2 atom stereocenters. The van der Waals surface area contributed by atoms with Crippen LogP contribution in [-0.2, 0) is 4.74 Å². The summed E-state index contributed by atoms with van der Waals surface area (Å²) in [6.45, 7) is 0.788. The topological polar surface area (TPSA) is 53.7 Å². The Hall–Kier alpha value is -1.26. The van der Waals surface area contributed by atoms with Gasteiger partial charge in [-0.3, -0.25) is 0 Å². The number of methoxy groups -OCH3 is 2. The molecule has 2 rings (SSSR count). The normalized spacial score (nSPS) is 21.2. The Morgan fingerprint density at radius 2 is 1.94 bits per heavy atom. The molecule has 4 nitrogen and oxygen atoms in total. The van der Waals surface area contributed by atoms with Gasteiger partial charge in [0.25, 0.3) is 0 Å². The second-order valence-electron chi connectivity index (χ2n) is 4.15. The molecule has 4 heteroatoms. The fraction of sp³-hybridized carbons (Fsp3) is 0.538. The number of rotatable bonds is 4. The predicted molar refractivity (Wildman–Crippen MR) is 65.4 cm³/mol. The van der Waals surface area contributed by atoms with Crippen LogP contribution in [0.4, 0.5) is 0 Å². The van der Waals surface area contributed by atoms with E-state index in [1.807, 2.05) is 18.2 Å². The maximum Gasteiger partial charge on any atom is 0.127 e. The Kier molecular flexibility index (Phi) is 3.86. The molecule has 0 amide bonds. The van der Waals surface area contributed by atoms with Gasteiger partial charge < -0.3 is 19.9 Å². The van der Waals surface area contributed by atoms with Gasteiger partial charge in [0.15, 0.2) is 0 Å². The molecule has 1 aliphatic heterocycles. The summed E-state index contributed by atoms with van der Waals surface area (Å²) in [5, 5.41) is 0. The molecule has 0 aliphatic carbocycles. The third-order valence-corrected chi connectivity index (χ3v) is 3.16. The first kappa shape index (κ1) is 12.2. The molecule has 1 aromatic rings. The van der Waals surface area contributed by atoms with E-state index in [1.54, 1.807) is 14.2 Å². The van der Waals surface area contributed by atoms with Crippen molar-refractivity contribution in [2.24, 2.45) is 5.73 Å². The molecule has 1 aliphatic rings. The SMILES string of the molecule is COc1cccc(OC)c1C(N)C1CCCO1. The highest BCUT2D eigenvalue weighted by Gasteiger charge is 2.28. The average molecular weight is 237 g/mol. The maximum atomic E-state index is 6.27. The number of hydrogen-bond donors (Lipinski definition) is 1. The molecule has 1 aromatic carbocycles. The first-order valence-corrected chi connectivity index (χ1v) is 5.86. The Labute approximate surface area is 102 Å². The van der Waals surface area contributed by atoms with Crippen LogP contribution in [0.15, 0.2) is 18.2 Å². The average Bonchev–Trinajstić information content (AvgIpc) is 2.90. The Morgan fingerprint density at radius 1 is 1.29 bits per heavy atom. The van der Waals surface area contributed by atoms with E-state index >= 15 is 0 Å². The van der Waals surface area contributed by atoms with E-state index < -0.39 is 0 Å². The molecule has 94 valence electrons. The van der Waals surface area contributed by atoms with Crippen LogP contribution in [0.3, 0.4) is 0 Å². The monoisotopic (exact) mass is 237 g/mol. The third-order valence-electron chi connectivity index (χ3n) is 3.16. The van der Waals surface area contributed by atoms with E-state index in [4.69, 9.17) is 19.9 Å². The zero-order valence-corrected chi connectivity index (χ0v) is 10.3. The summed E-state index contributed by atoms with van der Waals surface area (Å²) in [6, 6.07) is 5.48. The number of benzene rings is 1. The minimum atomic E-state index is -0.205. The van der Waals surface area contributed by atoms with Crippen LogP contribution in [0.1, 0.15) is 24.4 Å². The molecular weight excluding hydrogens is 218 g/mol. The van der Waals surface area contributed by atoms with Crippen LogP contribution in [-0.4, -0.2) is 26.9 Å². The first-order valence-electron chi connectivity index (χ1n) is 5.86. The lowest BCUT2D eigenvalue weighted by atomic mass is 9.98. The fourth-order valence-electron chi connectivity index (χ4n) is 2.28. The molecule has 1 saturated heterocycles. The van der Waals surface area contributed by atoms with Crippen molar-refractivity contribution in [1.29, 1.82) is 0 Å². The van der Waals surface area contributed by atoms with E-state index in [9.17, 15) is 0 Å². The van der Waals surface area contributed by atoms with Crippen molar-refractivity contribution in [2.45, 2.75) is 25.0 Å². The van der Waals surface area contributed by atoms with Crippen molar-refractivity contribution in [2.75, 3.05) is 20.8 Å². The molecule has 2 N–H and O–H groups in total. The van der Waals surface area contributed by atoms with Crippen LogP contribution < -0.4 is 15.2 Å². The van der Waals surface area contributed by atoms with Crippen LogP contribution in [0, 0.1) is 0 Å². The lowest BCUT2D eigenvalue weighted by Crippen LogP contribution is -2.26. The van der Waals surface area contributed by atoms with E-state index in [1.165, 1.54) is 0 Å².